The van der Waals surface area contributed by atoms with Gasteiger partial charge in [0.25, 0.3) is 0 Å². The van der Waals surface area contributed by atoms with Crippen molar-refractivity contribution >= 4 is 0 Å². The van der Waals surface area contributed by atoms with E-state index in [1.165, 1.54) is 16.7 Å². The van der Waals surface area contributed by atoms with Gasteiger partial charge in [0, 0.05) is 6.20 Å². The number of hydrogen-bond donors (Lipinski definition) is 0. The molecule has 0 fully saturated rings. The lowest BCUT2D eigenvalue weighted by atomic mass is 9.77. The van der Waals surface area contributed by atoms with Crippen molar-refractivity contribution in [1.29, 1.82) is 0 Å². The standard InChI is InChI=1S/C27H30N2/c1-5-7-14-24(6-2)19-20-27(25-15-10-8-11-16-25,26-17-12-9-13-18-26)29-21-22(3)28-23(29)4/h5-18,21H,1,19-20H2,2-4H3/b14-7-,24-6+. The van der Waals surface area contributed by atoms with Crippen LogP contribution in [-0.4, -0.2) is 9.55 Å². The molecule has 0 aliphatic carbocycles. The van der Waals surface area contributed by atoms with E-state index < -0.39 is 0 Å². The predicted molar refractivity (Wildman–Crippen MR) is 123 cm³/mol. The Kier molecular flexibility index (Phi) is 6.66. The molecule has 0 saturated carbocycles. The van der Waals surface area contributed by atoms with Crippen LogP contribution < -0.4 is 0 Å². The second kappa shape index (κ2) is 9.38. The van der Waals surface area contributed by atoms with Crippen LogP contribution >= 0.6 is 0 Å². The molecule has 0 atom stereocenters. The van der Waals surface area contributed by atoms with Gasteiger partial charge in [-0.2, -0.15) is 0 Å². The van der Waals surface area contributed by atoms with E-state index in [4.69, 9.17) is 4.98 Å². The molecule has 0 amide bonds. The Balaban J connectivity index is 2.22. The number of hydrogen-bond acceptors (Lipinski definition) is 1. The quantitative estimate of drug-likeness (QED) is 0.394. The first kappa shape index (κ1) is 20.6. The van der Waals surface area contributed by atoms with Gasteiger partial charge in [-0.05, 0) is 44.7 Å². The first-order chi connectivity index (χ1) is 14.1. The van der Waals surface area contributed by atoms with E-state index in [0.717, 1.165) is 24.4 Å². The lowest BCUT2D eigenvalue weighted by Crippen LogP contribution is -2.37. The van der Waals surface area contributed by atoms with Gasteiger partial charge in [0.1, 0.15) is 5.82 Å². The third-order valence-corrected chi connectivity index (χ3v) is 5.51. The molecule has 148 valence electrons. The smallest absolute Gasteiger partial charge is 0.106 e. The summed E-state index contributed by atoms with van der Waals surface area (Å²) < 4.78 is 2.36. The Morgan fingerprint density at radius 3 is 2.03 bits per heavy atom. The number of rotatable bonds is 8. The highest BCUT2D eigenvalue weighted by atomic mass is 15.1. The minimum atomic E-state index is -0.329. The molecule has 2 aromatic carbocycles. The maximum absolute atomic E-state index is 4.75. The lowest BCUT2D eigenvalue weighted by Gasteiger charge is -2.38. The van der Waals surface area contributed by atoms with E-state index in [1.807, 2.05) is 12.2 Å². The third-order valence-electron chi connectivity index (χ3n) is 5.51. The summed E-state index contributed by atoms with van der Waals surface area (Å²) in [6.45, 7) is 10.1. The number of imidazole rings is 1. The zero-order valence-electron chi connectivity index (χ0n) is 17.7. The van der Waals surface area contributed by atoms with Crippen LogP contribution in [0.15, 0.2) is 103 Å². The molecule has 0 bridgehead atoms. The number of aromatic nitrogens is 2. The van der Waals surface area contributed by atoms with Gasteiger partial charge < -0.3 is 4.57 Å². The van der Waals surface area contributed by atoms with Crippen LogP contribution in [-0.2, 0) is 5.54 Å². The van der Waals surface area contributed by atoms with Crippen molar-refractivity contribution < 1.29 is 0 Å². The minimum absolute atomic E-state index is 0.329. The van der Waals surface area contributed by atoms with Gasteiger partial charge in [0.05, 0.1) is 11.2 Å². The number of allylic oxidation sites excluding steroid dienone is 5. The maximum atomic E-state index is 4.75. The zero-order chi connectivity index (χ0) is 20.7. The summed E-state index contributed by atoms with van der Waals surface area (Å²) >= 11 is 0. The largest absolute Gasteiger partial charge is 0.321 e. The van der Waals surface area contributed by atoms with Crippen molar-refractivity contribution in [2.75, 3.05) is 0 Å². The first-order valence-electron chi connectivity index (χ1n) is 10.2. The number of aryl methyl sites for hydroxylation is 2. The van der Waals surface area contributed by atoms with Crippen LogP contribution in [0.25, 0.3) is 0 Å². The van der Waals surface area contributed by atoms with E-state index in [9.17, 15) is 0 Å². The Morgan fingerprint density at radius 1 is 1.00 bits per heavy atom. The van der Waals surface area contributed by atoms with Crippen molar-refractivity contribution in [2.45, 2.75) is 39.2 Å². The van der Waals surface area contributed by atoms with Gasteiger partial charge in [-0.15, -0.1) is 0 Å². The molecule has 0 aliphatic heterocycles. The summed E-state index contributed by atoms with van der Waals surface area (Å²) in [7, 11) is 0. The van der Waals surface area contributed by atoms with Gasteiger partial charge >= 0.3 is 0 Å². The molecule has 3 aromatic rings. The molecule has 3 rings (SSSR count). The van der Waals surface area contributed by atoms with Crippen molar-refractivity contribution in [3.05, 3.63) is 126 Å². The summed E-state index contributed by atoms with van der Waals surface area (Å²) in [6.07, 6.45) is 12.2. The number of benzene rings is 2. The molecule has 29 heavy (non-hydrogen) atoms. The predicted octanol–water partition coefficient (Wildman–Crippen LogP) is 6.76. The van der Waals surface area contributed by atoms with E-state index >= 15 is 0 Å². The molecule has 0 aliphatic rings. The molecule has 0 radical (unpaired) electrons. The molecule has 0 N–H and O–H groups in total. The average molecular weight is 383 g/mol. The maximum Gasteiger partial charge on any atom is 0.106 e. The second-order valence-electron chi connectivity index (χ2n) is 7.35. The fourth-order valence-corrected chi connectivity index (χ4v) is 4.13. The van der Waals surface area contributed by atoms with Crippen LogP contribution in [0.3, 0.4) is 0 Å². The van der Waals surface area contributed by atoms with Gasteiger partial charge in [-0.25, -0.2) is 4.98 Å². The summed E-state index contributed by atoms with van der Waals surface area (Å²) in [5.41, 5.74) is 4.56. The van der Waals surface area contributed by atoms with Crippen LogP contribution in [0.1, 0.15) is 42.4 Å². The highest BCUT2D eigenvalue weighted by Gasteiger charge is 2.37. The van der Waals surface area contributed by atoms with Crippen LogP contribution in [0.5, 0.6) is 0 Å². The van der Waals surface area contributed by atoms with E-state index in [-0.39, 0.29) is 5.54 Å². The minimum Gasteiger partial charge on any atom is -0.321 e. The third kappa shape index (κ3) is 4.32. The molecular formula is C27H30N2. The Hall–Kier alpha value is -3.13. The van der Waals surface area contributed by atoms with Crippen molar-refractivity contribution in [3.63, 3.8) is 0 Å². The highest BCUT2D eigenvalue weighted by molar-refractivity contribution is 5.41. The van der Waals surface area contributed by atoms with Crippen LogP contribution in [0, 0.1) is 13.8 Å². The van der Waals surface area contributed by atoms with Gasteiger partial charge in [-0.3, -0.25) is 0 Å². The summed E-state index contributed by atoms with van der Waals surface area (Å²) in [5.74, 6) is 1.03. The molecule has 0 unspecified atom stereocenters. The van der Waals surface area contributed by atoms with Gasteiger partial charge in [-0.1, -0.05) is 97.1 Å². The molecule has 0 saturated heterocycles. The van der Waals surface area contributed by atoms with Crippen LogP contribution in [0.2, 0.25) is 0 Å². The molecule has 2 heteroatoms. The Labute approximate surface area is 174 Å². The van der Waals surface area contributed by atoms with Crippen LogP contribution in [0.4, 0.5) is 0 Å². The molecule has 1 aromatic heterocycles. The summed E-state index contributed by atoms with van der Waals surface area (Å²) in [5, 5.41) is 0. The van der Waals surface area contributed by atoms with E-state index in [1.54, 1.807) is 0 Å². The van der Waals surface area contributed by atoms with Crippen molar-refractivity contribution in [1.82, 2.24) is 9.55 Å². The fraction of sp³-hybridized carbons (Fsp3) is 0.222. The van der Waals surface area contributed by atoms with Crippen molar-refractivity contribution in [2.24, 2.45) is 0 Å². The average Bonchev–Trinajstić information content (AvgIpc) is 3.10. The SMILES string of the molecule is C=C/C=C\C(=C/C)CCC(c1ccccc1)(c1ccccc1)n1cc(C)nc1C. The van der Waals surface area contributed by atoms with Gasteiger partial charge in [0.15, 0.2) is 0 Å². The summed E-state index contributed by atoms with van der Waals surface area (Å²) in [4.78, 5) is 4.75. The Morgan fingerprint density at radius 2 is 1.59 bits per heavy atom. The van der Waals surface area contributed by atoms with E-state index in [0.29, 0.717) is 0 Å². The second-order valence-corrected chi connectivity index (χ2v) is 7.35. The monoisotopic (exact) mass is 382 g/mol. The Bertz CT molecular complexity index is 952. The molecule has 2 nitrogen and oxygen atoms in total. The summed E-state index contributed by atoms with van der Waals surface area (Å²) in [6, 6.07) is 21.6. The molecule has 0 spiro atoms. The molecular weight excluding hydrogens is 352 g/mol. The van der Waals surface area contributed by atoms with Gasteiger partial charge in [0.2, 0.25) is 0 Å². The van der Waals surface area contributed by atoms with Crippen molar-refractivity contribution in [3.8, 4) is 0 Å². The zero-order valence-corrected chi connectivity index (χ0v) is 17.7. The molecule has 1 heterocycles. The first-order valence-corrected chi connectivity index (χ1v) is 10.2. The lowest BCUT2D eigenvalue weighted by molar-refractivity contribution is 0.390. The topological polar surface area (TPSA) is 17.8 Å². The van der Waals surface area contributed by atoms with E-state index in [2.05, 4.69) is 111 Å². The number of nitrogens with zero attached hydrogens (tertiary/aromatic N) is 2. The highest BCUT2D eigenvalue weighted by Crippen LogP contribution is 2.40. The fourth-order valence-electron chi connectivity index (χ4n) is 4.13. The normalized spacial score (nSPS) is 12.4.